The fourth-order valence-corrected chi connectivity index (χ4v) is 5.67. The molecule has 42 heavy (non-hydrogen) atoms. The number of nitrogens with zero attached hydrogens (tertiary/aromatic N) is 5. The molecule has 1 saturated heterocycles. The number of nitro groups is 1. The molecular weight excluding hydrogens is 616 g/mol. The zero-order valence-electron chi connectivity index (χ0n) is 22.3. The third-order valence-electron chi connectivity index (χ3n) is 5.47. The summed E-state index contributed by atoms with van der Waals surface area (Å²) in [6.07, 6.45) is 0. The van der Waals surface area contributed by atoms with Gasteiger partial charge in [-0.05, 0) is 50.0 Å². The molecule has 2 atom stereocenters. The lowest BCUT2D eigenvalue weighted by Gasteiger charge is -2.49. The first-order valence-corrected chi connectivity index (χ1v) is 14.3. The third-order valence-corrected chi connectivity index (χ3v) is 7.69. The summed E-state index contributed by atoms with van der Waals surface area (Å²) in [5.41, 5.74) is 0.458. The van der Waals surface area contributed by atoms with Crippen molar-refractivity contribution in [3.05, 3.63) is 62.0 Å². The van der Waals surface area contributed by atoms with Crippen LogP contribution >= 0.6 is 34.9 Å². The number of hydrogen-bond acceptors (Lipinski definition) is 14. The Hall–Kier alpha value is -4.09. The summed E-state index contributed by atoms with van der Waals surface area (Å²) in [5, 5.41) is 16.5. The van der Waals surface area contributed by atoms with Crippen LogP contribution < -0.4 is 5.32 Å². The minimum absolute atomic E-state index is 0.0833. The van der Waals surface area contributed by atoms with Crippen molar-refractivity contribution in [3.63, 3.8) is 0 Å². The molecule has 15 nitrogen and oxygen atoms in total. The Morgan fingerprint density at radius 3 is 2.60 bits per heavy atom. The largest absolute Gasteiger partial charge is 0.457 e. The van der Waals surface area contributed by atoms with Crippen molar-refractivity contribution >= 4 is 70.0 Å². The summed E-state index contributed by atoms with van der Waals surface area (Å²) >= 11 is 8.45. The number of amides is 2. The number of thioether (sulfide) groups is 1. The first-order chi connectivity index (χ1) is 19.9. The van der Waals surface area contributed by atoms with E-state index in [9.17, 15) is 29.3 Å². The number of hydrogen-bond donors (Lipinski definition) is 1. The number of carbonyl (C=O) groups excluding carboxylic acids is 4. The van der Waals surface area contributed by atoms with E-state index in [4.69, 9.17) is 25.9 Å². The zero-order chi connectivity index (χ0) is 30.6. The number of aromatic nitrogens is 2. The van der Waals surface area contributed by atoms with Crippen molar-refractivity contribution in [2.24, 2.45) is 5.16 Å². The van der Waals surface area contributed by atoms with Crippen molar-refractivity contribution in [3.8, 4) is 0 Å². The van der Waals surface area contributed by atoms with Gasteiger partial charge in [0.05, 0.1) is 9.96 Å². The summed E-state index contributed by atoms with van der Waals surface area (Å²) in [6, 6.07) is 4.37. The summed E-state index contributed by atoms with van der Waals surface area (Å²) in [6.45, 7) is 4.25. The minimum Gasteiger partial charge on any atom is -0.457 e. The maximum atomic E-state index is 13.1. The second kappa shape index (κ2) is 12.8. The van der Waals surface area contributed by atoms with Crippen molar-refractivity contribution in [1.82, 2.24) is 19.6 Å². The van der Waals surface area contributed by atoms with Gasteiger partial charge in [0.15, 0.2) is 0 Å². The molecule has 2 aliphatic rings. The van der Waals surface area contributed by atoms with Gasteiger partial charge in [-0.1, -0.05) is 16.8 Å². The second-order valence-electron chi connectivity index (χ2n) is 9.67. The number of β-lactam (4-membered cyclic amide) rings is 1. The van der Waals surface area contributed by atoms with Crippen LogP contribution in [0.3, 0.4) is 0 Å². The molecule has 0 saturated carbocycles. The van der Waals surface area contributed by atoms with Gasteiger partial charge in [0.25, 0.3) is 17.5 Å². The van der Waals surface area contributed by atoms with Crippen molar-refractivity contribution in [2.45, 2.75) is 44.4 Å². The molecular formula is C24H23ClN6O9S2. The van der Waals surface area contributed by atoms with Gasteiger partial charge in [-0.3, -0.25) is 24.6 Å². The van der Waals surface area contributed by atoms with Gasteiger partial charge in [0.2, 0.25) is 18.1 Å². The van der Waals surface area contributed by atoms with Crippen LogP contribution in [0.1, 0.15) is 32.2 Å². The number of ether oxygens (including phenoxy) is 2. The van der Waals surface area contributed by atoms with Crippen LogP contribution in [0.2, 0.25) is 0 Å². The molecule has 0 bridgehead atoms. The molecule has 18 heteroatoms. The monoisotopic (exact) mass is 638 g/mol. The molecule has 0 spiro atoms. The highest BCUT2D eigenvalue weighted by atomic mass is 35.5. The quantitative estimate of drug-likeness (QED) is 0.131. The molecule has 2 aliphatic heterocycles. The molecule has 222 valence electrons. The molecule has 2 amide bonds. The Labute approximate surface area is 251 Å². The molecule has 3 heterocycles. The van der Waals surface area contributed by atoms with E-state index in [1.807, 2.05) is 0 Å². The third kappa shape index (κ3) is 7.21. The number of benzene rings is 1. The molecule has 4 rings (SSSR count). The van der Waals surface area contributed by atoms with Gasteiger partial charge in [0.1, 0.15) is 34.8 Å². The summed E-state index contributed by atoms with van der Waals surface area (Å²) < 4.78 is 14.4. The highest BCUT2D eigenvalue weighted by molar-refractivity contribution is 8.00. The van der Waals surface area contributed by atoms with Crippen LogP contribution in [-0.4, -0.2) is 78.0 Å². The normalized spacial score (nSPS) is 18.5. The van der Waals surface area contributed by atoms with Gasteiger partial charge in [-0.25, -0.2) is 14.6 Å². The fraction of sp³-hybridized carbons (Fsp3) is 0.375. The van der Waals surface area contributed by atoms with Gasteiger partial charge in [-0.2, -0.15) is 4.37 Å². The smallest absolute Gasteiger partial charge is 0.356 e. The lowest BCUT2D eigenvalue weighted by Crippen LogP contribution is -2.71. The Morgan fingerprint density at radius 1 is 1.26 bits per heavy atom. The number of esters is 2. The number of nitrogens with one attached hydrogen (secondary N) is 1. The van der Waals surface area contributed by atoms with E-state index in [-0.39, 0.29) is 40.3 Å². The SMILES string of the molecule is CC(C)(C)OC(=O)CON=C(C(=O)NC1C(=O)N2C(C(=O)OCc3ccc([N+](=O)[O-])cc3)=C(Cl)CS[C@H]12)c1ncsn1. The highest BCUT2D eigenvalue weighted by Crippen LogP contribution is 2.41. The van der Waals surface area contributed by atoms with Gasteiger partial charge in [-0.15, -0.1) is 11.8 Å². The standard InChI is InChI=1S/C24H23ClN6O9S2/c1-24(2,3)40-15(32)9-39-28-16(19-26-11-42-29-19)20(33)27-17-21(34)30-18(14(25)10-41-22(17)30)23(35)38-8-12-4-6-13(7-5-12)31(36)37/h4-7,11,17,22H,8-10H2,1-3H3,(H,27,33)/t17?,22-/m1/s1. The number of halogens is 1. The predicted molar refractivity (Wildman–Crippen MR) is 149 cm³/mol. The summed E-state index contributed by atoms with van der Waals surface area (Å²) in [5.74, 6) is -2.97. The fourth-order valence-electron chi connectivity index (χ4n) is 3.69. The maximum Gasteiger partial charge on any atom is 0.356 e. The van der Waals surface area contributed by atoms with Gasteiger partial charge < -0.3 is 19.6 Å². The van der Waals surface area contributed by atoms with Crippen LogP contribution in [0.15, 0.2) is 45.7 Å². The van der Waals surface area contributed by atoms with E-state index in [0.29, 0.717) is 5.56 Å². The van der Waals surface area contributed by atoms with Gasteiger partial charge in [0, 0.05) is 17.9 Å². The van der Waals surface area contributed by atoms with E-state index in [2.05, 4.69) is 19.8 Å². The highest BCUT2D eigenvalue weighted by Gasteiger charge is 2.54. The molecule has 1 fully saturated rings. The molecule has 1 unspecified atom stereocenters. The summed E-state index contributed by atoms with van der Waals surface area (Å²) in [7, 11) is 0. The number of carbonyl (C=O) groups is 4. The Bertz CT molecular complexity index is 1460. The first-order valence-electron chi connectivity index (χ1n) is 12.1. The Morgan fingerprint density at radius 2 is 1.98 bits per heavy atom. The Kier molecular flexibility index (Phi) is 9.43. The molecule has 1 N–H and O–H groups in total. The first kappa shape index (κ1) is 30.9. The van der Waals surface area contributed by atoms with Crippen LogP contribution in [-0.2, 0) is 40.1 Å². The number of rotatable bonds is 10. The van der Waals surface area contributed by atoms with Crippen LogP contribution in [0.25, 0.3) is 0 Å². The lowest BCUT2D eigenvalue weighted by molar-refractivity contribution is -0.384. The number of oxime groups is 1. The Balaban J connectivity index is 1.40. The summed E-state index contributed by atoms with van der Waals surface area (Å²) in [4.78, 5) is 71.4. The average Bonchev–Trinajstić information content (AvgIpc) is 3.46. The molecule has 0 aliphatic carbocycles. The van der Waals surface area contributed by atoms with Crippen LogP contribution in [0.4, 0.5) is 5.69 Å². The van der Waals surface area contributed by atoms with E-state index in [0.717, 1.165) is 16.4 Å². The van der Waals surface area contributed by atoms with Crippen LogP contribution in [0, 0.1) is 10.1 Å². The predicted octanol–water partition coefficient (Wildman–Crippen LogP) is 2.10. The van der Waals surface area contributed by atoms with E-state index in [1.54, 1.807) is 20.8 Å². The lowest BCUT2D eigenvalue weighted by atomic mass is 10.0. The maximum absolute atomic E-state index is 13.1. The molecule has 0 radical (unpaired) electrons. The number of fused-ring (bicyclic) bond motifs is 1. The second-order valence-corrected chi connectivity index (χ2v) is 11.8. The van der Waals surface area contributed by atoms with E-state index >= 15 is 0 Å². The molecule has 1 aromatic heterocycles. The molecule has 1 aromatic carbocycles. The van der Waals surface area contributed by atoms with Gasteiger partial charge >= 0.3 is 11.9 Å². The minimum atomic E-state index is -1.06. The zero-order valence-corrected chi connectivity index (χ0v) is 24.7. The topological polar surface area (TPSA) is 193 Å². The van der Waals surface area contributed by atoms with E-state index < -0.39 is 52.3 Å². The van der Waals surface area contributed by atoms with Crippen molar-refractivity contribution < 1.29 is 38.4 Å². The van der Waals surface area contributed by atoms with Crippen molar-refractivity contribution in [2.75, 3.05) is 12.4 Å². The molecule has 2 aromatic rings. The average molecular weight is 639 g/mol. The van der Waals surface area contributed by atoms with Crippen molar-refractivity contribution in [1.29, 1.82) is 0 Å². The van der Waals surface area contributed by atoms with E-state index in [1.165, 1.54) is 41.5 Å². The number of nitro benzene ring substituents is 1. The van der Waals surface area contributed by atoms with Crippen LogP contribution in [0.5, 0.6) is 0 Å². The number of non-ortho nitro benzene ring substituents is 1.